The van der Waals surface area contributed by atoms with Gasteiger partial charge in [0.05, 0.1) is 24.2 Å². The van der Waals surface area contributed by atoms with E-state index in [1.165, 1.54) is 0 Å². The Morgan fingerprint density at radius 2 is 2.25 bits per heavy atom. The van der Waals surface area contributed by atoms with Crippen LogP contribution in [0.5, 0.6) is 0 Å². The Kier molecular flexibility index (Phi) is 5.66. The maximum Gasteiger partial charge on any atom is 0.156 e. The van der Waals surface area contributed by atoms with Crippen molar-refractivity contribution in [2.24, 2.45) is 0 Å². The van der Waals surface area contributed by atoms with Crippen molar-refractivity contribution in [2.45, 2.75) is 45.2 Å². The number of nitrogens with zero attached hydrogens (tertiary/aromatic N) is 3. The summed E-state index contributed by atoms with van der Waals surface area (Å²) < 4.78 is 2.02. The molecule has 1 aromatic rings. The summed E-state index contributed by atoms with van der Waals surface area (Å²) in [6, 6.07) is 2.51. The summed E-state index contributed by atoms with van der Waals surface area (Å²) in [5.41, 5.74) is 0.908. The fourth-order valence-electron chi connectivity index (χ4n) is 2.66. The molecule has 1 aliphatic rings. The summed E-state index contributed by atoms with van der Waals surface area (Å²) in [6.07, 6.45) is 4.63. The molecule has 0 amide bonds. The van der Waals surface area contributed by atoms with Gasteiger partial charge in [0.1, 0.15) is 0 Å². The van der Waals surface area contributed by atoms with Crippen LogP contribution in [-0.2, 0) is 11.2 Å². The maximum absolute atomic E-state index is 12.4. The van der Waals surface area contributed by atoms with Crippen LogP contribution < -0.4 is 0 Å². The number of Topliss-reactive ketones (excluding diaryl/α,β-unsaturated/α-hetero) is 1. The van der Waals surface area contributed by atoms with Gasteiger partial charge in [0.25, 0.3) is 0 Å². The molecule has 2 heterocycles. The number of rotatable bonds is 6. The highest BCUT2D eigenvalue weighted by Gasteiger charge is 2.26. The van der Waals surface area contributed by atoms with Crippen LogP contribution in [0, 0.1) is 0 Å². The van der Waals surface area contributed by atoms with Crippen molar-refractivity contribution in [1.29, 1.82) is 0 Å². The number of ketones is 1. The summed E-state index contributed by atoms with van der Waals surface area (Å²) in [4.78, 5) is 14.6. The molecular weight excluding hydrogens is 270 g/mol. The molecule has 20 heavy (non-hydrogen) atoms. The van der Waals surface area contributed by atoms with E-state index in [1.54, 1.807) is 0 Å². The molecule has 112 valence electrons. The van der Waals surface area contributed by atoms with Crippen molar-refractivity contribution in [2.75, 3.05) is 25.1 Å². The molecule has 0 aliphatic carbocycles. The number of likely N-dealkylation sites (N-methyl/N-ethyl adjacent to an activating group) is 1. The summed E-state index contributed by atoms with van der Waals surface area (Å²) in [5, 5.41) is 4.58. The molecule has 0 spiro atoms. The second-order valence-corrected chi connectivity index (χ2v) is 6.62. The standard InChI is InChI=1S/C15H25N3OS/c1-4-13(5-2)18-7-6-12(16-18)10-15(19)14-11-20-9-8-17(14)3/h6-7,13-14H,4-5,8-11H2,1-3H3. The first-order valence-electron chi connectivity index (χ1n) is 7.50. The van der Waals surface area contributed by atoms with Crippen LogP contribution in [0.3, 0.4) is 0 Å². The van der Waals surface area contributed by atoms with E-state index in [1.807, 2.05) is 35.8 Å². The number of carbonyl (C=O) groups excluding carboxylic acids is 1. The average molecular weight is 295 g/mol. The van der Waals surface area contributed by atoms with Gasteiger partial charge in [-0.05, 0) is 26.0 Å². The Morgan fingerprint density at radius 3 is 2.90 bits per heavy atom. The predicted octanol–water partition coefficient (Wildman–Crippen LogP) is 2.40. The van der Waals surface area contributed by atoms with E-state index in [9.17, 15) is 4.79 Å². The van der Waals surface area contributed by atoms with Gasteiger partial charge in [-0.2, -0.15) is 16.9 Å². The SMILES string of the molecule is CCC(CC)n1ccc(CC(=O)C2CSCCN2C)n1. The van der Waals surface area contributed by atoms with E-state index in [0.717, 1.165) is 36.6 Å². The zero-order valence-electron chi connectivity index (χ0n) is 12.7. The molecule has 1 unspecified atom stereocenters. The molecule has 1 saturated heterocycles. The van der Waals surface area contributed by atoms with Gasteiger partial charge in [-0.15, -0.1) is 0 Å². The van der Waals surface area contributed by atoms with Gasteiger partial charge in [0, 0.05) is 24.2 Å². The van der Waals surface area contributed by atoms with Crippen LogP contribution >= 0.6 is 11.8 Å². The Bertz CT molecular complexity index is 442. The minimum atomic E-state index is 0.0621. The molecule has 1 aromatic heterocycles. The average Bonchev–Trinajstić information content (AvgIpc) is 2.89. The Balaban J connectivity index is 1.97. The molecular formula is C15H25N3OS. The first-order valence-corrected chi connectivity index (χ1v) is 8.65. The van der Waals surface area contributed by atoms with Crippen molar-refractivity contribution >= 4 is 17.5 Å². The molecule has 0 radical (unpaired) electrons. The van der Waals surface area contributed by atoms with Crippen molar-refractivity contribution in [3.8, 4) is 0 Å². The fourth-order valence-corrected chi connectivity index (χ4v) is 3.91. The topological polar surface area (TPSA) is 38.1 Å². The Labute approximate surface area is 125 Å². The van der Waals surface area contributed by atoms with Crippen molar-refractivity contribution < 1.29 is 4.79 Å². The van der Waals surface area contributed by atoms with Gasteiger partial charge in [0.2, 0.25) is 0 Å². The van der Waals surface area contributed by atoms with Crippen LogP contribution in [0.1, 0.15) is 38.4 Å². The van der Waals surface area contributed by atoms with Crippen molar-refractivity contribution in [3.63, 3.8) is 0 Å². The molecule has 0 aromatic carbocycles. The van der Waals surface area contributed by atoms with Gasteiger partial charge in [-0.25, -0.2) is 0 Å². The second-order valence-electron chi connectivity index (χ2n) is 5.47. The van der Waals surface area contributed by atoms with Crippen molar-refractivity contribution in [3.05, 3.63) is 18.0 Å². The van der Waals surface area contributed by atoms with Crippen molar-refractivity contribution in [1.82, 2.24) is 14.7 Å². The molecule has 1 atom stereocenters. The Morgan fingerprint density at radius 1 is 1.50 bits per heavy atom. The highest BCUT2D eigenvalue weighted by molar-refractivity contribution is 7.99. The third kappa shape index (κ3) is 3.64. The highest BCUT2D eigenvalue weighted by Crippen LogP contribution is 2.18. The van der Waals surface area contributed by atoms with Gasteiger partial charge >= 0.3 is 0 Å². The van der Waals surface area contributed by atoms with Crippen LogP contribution in [0.4, 0.5) is 0 Å². The minimum Gasteiger partial charge on any atom is -0.297 e. The van der Waals surface area contributed by atoms with E-state index in [2.05, 4.69) is 23.8 Å². The number of aromatic nitrogens is 2. The van der Waals surface area contributed by atoms with Crippen LogP contribution in [-0.4, -0.2) is 51.6 Å². The normalized spacial score (nSPS) is 20.5. The quantitative estimate of drug-likeness (QED) is 0.808. The lowest BCUT2D eigenvalue weighted by atomic mass is 10.1. The van der Waals surface area contributed by atoms with E-state index >= 15 is 0 Å². The molecule has 0 saturated carbocycles. The second kappa shape index (κ2) is 7.27. The Hall–Kier alpha value is -0.810. The first kappa shape index (κ1) is 15.6. The van der Waals surface area contributed by atoms with Crippen LogP contribution in [0.2, 0.25) is 0 Å². The first-order chi connectivity index (χ1) is 9.65. The number of hydrogen-bond acceptors (Lipinski definition) is 4. The lowest BCUT2D eigenvalue weighted by Gasteiger charge is -2.30. The number of thioether (sulfide) groups is 1. The summed E-state index contributed by atoms with van der Waals surface area (Å²) in [7, 11) is 2.05. The molecule has 2 rings (SSSR count). The third-order valence-corrected chi connectivity index (χ3v) is 5.13. The zero-order chi connectivity index (χ0) is 14.5. The van der Waals surface area contributed by atoms with E-state index in [0.29, 0.717) is 18.2 Å². The smallest absolute Gasteiger partial charge is 0.156 e. The van der Waals surface area contributed by atoms with Gasteiger partial charge in [0.15, 0.2) is 5.78 Å². The summed E-state index contributed by atoms with van der Waals surface area (Å²) >= 11 is 1.87. The highest BCUT2D eigenvalue weighted by atomic mass is 32.2. The van der Waals surface area contributed by atoms with Crippen LogP contribution in [0.15, 0.2) is 12.3 Å². The largest absolute Gasteiger partial charge is 0.297 e. The predicted molar refractivity (Wildman–Crippen MR) is 84.3 cm³/mol. The molecule has 0 N–H and O–H groups in total. The summed E-state index contributed by atoms with van der Waals surface area (Å²) in [6.45, 7) is 5.35. The third-order valence-electron chi connectivity index (χ3n) is 4.10. The van der Waals surface area contributed by atoms with Crippen LogP contribution in [0.25, 0.3) is 0 Å². The van der Waals surface area contributed by atoms with E-state index in [-0.39, 0.29) is 6.04 Å². The molecule has 5 heteroatoms. The lowest BCUT2D eigenvalue weighted by molar-refractivity contribution is -0.122. The lowest BCUT2D eigenvalue weighted by Crippen LogP contribution is -2.45. The molecule has 1 aliphatic heterocycles. The van der Waals surface area contributed by atoms with Gasteiger partial charge < -0.3 is 0 Å². The van der Waals surface area contributed by atoms with Gasteiger partial charge in [-0.1, -0.05) is 13.8 Å². The molecule has 1 fully saturated rings. The fraction of sp³-hybridized carbons (Fsp3) is 0.733. The summed E-state index contributed by atoms with van der Waals surface area (Å²) in [5.74, 6) is 2.35. The molecule has 4 nitrogen and oxygen atoms in total. The molecule has 0 bridgehead atoms. The number of hydrogen-bond donors (Lipinski definition) is 0. The zero-order valence-corrected chi connectivity index (χ0v) is 13.5. The van der Waals surface area contributed by atoms with E-state index in [4.69, 9.17) is 0 Å². The van der Waals surface area contributed by atoms with Gasteiger partial charge in [-0.3, -0.25) is 14.4 Å². The maximum atomic E-state index is 12.4. The monoisotopic (exact) mass is 295 g/mol. The number of carbonyl (C=O) groups is 1. The minimum absolute atomic E-state index is 0.0621. The van der Waals surface area contributed by atoms with E-state index < -0.39 is 0 Å².